The predicted molar refractivity (Wildman–Crippen MR) is 51.5 cm³/mol. The molecule has 0 bridgehead atoms. The first-order valence-corrected chi connectivity index (χ1v) is 4.09. The predicted octanol–water partition coefficient (Wildman–Crippen LogP) is 0.0537. The first-order valence-electron chi connectivity index (χ1n) is 4.09. The molecule has 0 saturated heterocycles. The Kier molecular flexibility index (Phi) is 2.19. The number of halogens is 1. The molecule has 0 saturated carbocycles. The largest absolute Gasteiger partial charge is 0.491 e. The molecule has 2 aromatic rings. The molecule has 5 heteroatoms. The molecule has 0 aliphatic carbocycles. The molecule has 2 rings (SSSR count). The van der Waals surface area contributed by atoms with Gasteiger partial charge in [-0.05, 0) is 6.07 Å². The van der Waals surface area contributed by atoms with Gasteiger partial charge in [0, 0.05) is 17.0 Å². The summed E-state index contributed by atoms with van der Waals surface area (Å²) in [5, 5.41) is 18.3. The molecule has 0 unspecified atom stereocenters. The molecule has 1 aromatic carbocycles. The van der Waals surface area contributed by atoms with Crippen LogP contribution in [0.3, 0.4) is 0 Å². The van der Waals surface area contributed by atoms with Crippen LogP contribution in [0.25, 0.3) is 10.9 Å². The van der Waals surface area contributed by atoms with E-state index in [4.69, 9.17) is 10.0 Å². The fraction of sp³-hybridized carbons (Fsp3) is 0. The SMILES string of the molecule is OB(O)c1ccc2cccnc2c1F. The lowest BCUT2D eigenvalue weighted by Crippen LogP contribution is -2.32. The molecule has 3 nitrogen and oxygen atoms in total. The second kappa shape index (κ2) is 3.36. The number of pyridine rings is 1. The van der Waals surface area contributed by atoms with E-state index in [1.165, 1.54) is 12.3 Å². The van der Waals surface area contributed by atoms with Crippen molar-refractivity contribution in [3.05, 3.63) is 36.3 Å². The van der Waals surface area contributed by atoms with Crippen molar-refractivity contribution < 1.29 is 14.4 Å². The maximum absolute atomic E-state index is 13.5. The van der Waals surface area contributed by atoms with Gasteiger partial charge in [0.15, 0.2) is 0 Å². The maximum atomic E-state index is 13.5. The Morgan fingerprint density at radius 2 is 2.00 bits per heavy atom. The average Bonchev–Trinajstić information content (AvgIpc) is 2.18. The summed E-state index contributed by atoms with van der Waals surface area (Å²) in [5.41, 5.74) is -0.00528. The molecular weight excluding hydrogens is 184 g/mol. The fourth-order valence-corrected chi connectivity index (χ4v) is 1.32. The first kappa shape index (κ1) is 9.11. The zero-order valence-corrected chi connectivity index (χ0v) is 7.18. The second-order valence-electron chi connectivity index (χ2n) is 2.92. The Morgan fingerprint density at radius 3 is 2.71 bits per heavy atom. The van der Waals surface area contributed by atoms with Gasteiger partial charge in [0.05, 0.1) is 0 Å². The van der Waals surface area contributed by atoms with Crippen LogP contribution < -0.4 is 5.46 Å². The van der Waals surface area contributed by atoms with Gasteiger partial charge >= 0.3 is 7.12 Å². The molecule has 1 aromatic heterocycles. The summed E-state index contributed by atoms with van der Waals surface area (Å²) in [6.45, 7) is 0. The molecule has 0 spiro atoms. The standard InChI is InChI=1S/C9H7BFNO2/c11-8-7(10(13)14)4-3-6-2-1-5-12-9(6)8/h1-5,13-14H. The summed E-state index contributed by atoms with van der Waals surface area (Å²) in [5.74, 6) is -0.682. The van der Waals surface area contributed by atoms with Gasteiger partial charge in [-0.25, -0.2) is 4.39 Å². The Hall–Kier alpha value is -1.46. The number of hydrogen-bond acceptors (Lipinski definition) is 3. The minimum Gasteiger partial charge on any atom is -0.423 e. The number of nitrogens with zero attached hydrogens (tertiary/aromatic N) is 1. The van der Waals surface area contributed by atoms with Crippen LogP contribution in [0.1, 0.15) is 0 Å². The quantitative estimate of drug-likeness (QED) is 0.626. The van der Waals surface area contributed by atoms with Gasteiger partial charge in [0.25, 0.3) is 0 Å². The Morgan fingerprint density at radius 1 is 1.21 bits per heavy atom. The summed E-state index contributed by atoms with van der Waals surface area (Å²) >= 11 is 0. The smallest absolute Gasteiger partial charge is 0.423 e. The van der Waals surface area contributed by atoms with Crippen LogP contribution in [0.4, 0.5) is 4.39 Å². The number of hydrogen-bond donors (Lipinski definition) is 2. The van der Waals surface area contributed by atoms with Crippen LogP contribution in [-0.2, 0) is 0 Å². The van der Waals surface area contributed by atoms with Crippen LogP contribution in [0.15, 0.2) is 30.5 Å². The van der Waals surface area contributed by atoms with E-state index in [9.17, 15) is 4.39 Å². The number of benzene rings is 1. The molecular formula is C9H7BFNO2. The van der Waals surface area contributed by atoms with Crippen molar-refractivity contribution in [2.45, 2.75) is 0 Å². The monoisotopic (exact) mass is 191 g/mol. The zero-order chi connectivity index (χ0) is 10.1. The molecule has 0 atom stereocenters. The highest BCUT2D eigenvalue weighted by atomic mass is 19.1. The topological polar surface area (TPSA) is 53.4 Å². The van der Waals surface area contributed by atoms with E-state index < -0.39 is 12.9 Å². The van der Waals surface area contributed by atoms with Crippen molar-refractivity contribution in [2.75, 3.05) is 0 Å². The Bertz CT molecular complexity index is 475. The third-order valence-corrected chi connectivity index (χ3v) is 2.02. The summed E-state index contributed by atoms with van der Waals surface area (Å²) < 4.78 is 13.5. The van der Waals surface area contributed by atoms with Gasteiger partial charge in [0.2, 0.25) is 0 Å². The Balaban J connectivity index is 2.75. The van der Waals surface area contributed by atoms with E-state index in [0.29, 0.717) is 5.39 Å². The van der Waals surface area contributed by atoms with Crippen LogP contribution in [0.5, 0.6) is 0 Å². The molecule has 0 radical (unpaired) electrons. The molecule has 0 fully saturated rings. The summed E-state index contributed by atoms with van der Waals surface area (Å²) in [6, 6.07) is 6.33. The van der Waals surface area contributed by atoms with Crippen molar-refractivity contribution in [1.29, 1.82) is 0 Å². The highest BCUT2D eigenvalue weighted by molar-refractivity contribution is 6.59. The fourth-order valence-electron chi connectivity index (χ4n) is 1.32. The third kappa shape index (κ3) is 1.36. The highest BCUT2D eigenvalue weighted by Crippen LogP contribution is 2.12. The summed E-state index contributed by atoms with van der Waals surface area (Å²) in [4.78, 5) is 3.83. The molecule has 0 aliphatic heterocycles. The number of fused-ring (bicyclic) bond motifs is 1. The van der Waals surface area contributed by atoms with Crippen molar-refractivity contribution in [3.8, 4) is 0 Å². The zero-order valence-electron chi connectivity index (χ0n) is 7.18. The van der Waals surface area contributed by atoms with Crippen LogP contribution >= 0.6 is 0 Å². The molecule has 2 N–H and O–H groups in total. The van der Waals surface area contributed by atoms with E-state index >= 15 is 0 Å². The van der Waals surface area contributed by atoms with E-state index in [-0.39, 0.29) is 11.0 Å². The summed E-state index contributed by atoms with van der Waals surface area (Å²) in [7, 11) is -1.80. The van der Waals surface area contributed by atoms with Crippen molar-refractivity contribution in [1.82, 2.24) is 4.98 Å². The average molecular weight is 191 g/mol. The Labute approximate surface area is 80.0 Å². The van der Waals surface area contributed by atoms with Gasteiger partial charge in [-0.15, -0.1) is 0 Å². The minimum atomic E-state index is -1.80. The molecule has 0 amide bonds. The van der Waals surface area contributed by atoms with E-state index in [1.807, 2.05) is 0 Å². The second-order valence-corrected chi connectivity index (χ2v) is 2.92. The van der Waals surface area contributed by atoms with Crippen molar-refractivity contribution in [2.24, 2.45) is 0 Å². The lowest BCUT2D eigenvalue weighted by molar-refractivity contribution is 0.423. The number of aromatic nitrogens is 1. The lowest BCUT2D eigenvalue weighted by Gasteiger charge is -2.03. The van der Waals surface area contributed by atoms with Crippen molar-refractivity contribution >= 4 is 23.5 Å². The van der Waals surface area contributed by atoms with E-state index in [2.05, 4.69) is 4.98 Å². The molecule has 70 valence electrons. The highest BCUT2D eigenvalue weighted by Gasteiger charge is 2.18. The first-order chi connectivity index (χ1) is 6.70. The van der Waals surface area contributed by atoms with Crippen molar-refractivity contribution in [3.63, 3.8) is 0 Å². The number of rotatable bonds is 1. The van der Waals surface area contributed by atoms with E-state index in [1.54, 1.807) is 18.2 Å². The van der Waals surface area contributed by atoms with Gasteiger partial charge in [-0.1, -0.05) is 18.2 Å². The van der Waals surface area contributed by atoms with Gasteiger partial charge < -0.3 is 10.0 Å². The molecule has 0 aliphatic rings. The van der Waals surface area contributed by atoms with Gasteiger partial charge in [-0.3, -0.25) is 4.98 Å². The third-order valence-electron chi connectivity index (χ3n) is 2.02. The van der Waals surface area contributed by atoms with Crippen LogP contribution in [-0.4, -0.2) is 22.2 Å². The maximum Gasteiger partial charge on any atom is 0.491 e. The normalized spacial score (nSPS) is 10.5. The molecule has 1 heterocycles. The summed E-state index contributed by atoms with van der Waals surface area (Å²) in [6.07, 6.45) is 1.46. The van der Waals surface area contributed by atoms with Crippen LogP contribution in [0.2, 0.25) is 0 Å². The lowest BCUT2D eigenvalue weighted by atomic mass is 9.79. The van der Waals surface area contributed by atoms with Gasteiger partial charge in [0.1, 0.15) is 11.3 Å². The van der Waals surface area contributed by atoms with Crippen LogP contribution in [0, 0.1) is 5.82 Å². The van der Waals surface area contributed by atoms with Gasteiger partial charge in [-0.2, -0.15) is 0 Å². The molecule has 14 heavy (non-hydrogen) atoms. The minimum absolute atomic E-state index is 0.151. The van der Waals surface area contributed by atoms with E-state index in [0.717, 1.165) is 0 Å².